The second-order valence-electron chi connectivity index (χ2n) is 9.40. The van der Waals surface area contributed by atoms with Crippen LogP contribution in [0.5, 0.6) is 0 Å². The molecule has 0 bridgehead atoms. The predicted molar refractivity (Wildman–Crippen MR) is 143 cm³/mol. The van der Waals surface area contributed by atoms with Crippen molar-refractivity contribution < 1.29 is 9.59 Å². The zero-order valence-electron chi connectivity index (χ0n) is 20.5. The van der Waals surface area contributed by atoms with Crippen molar-refractivity contribution >= 4 is 34.1 Å². The van der Waals surface area contributed by atoms with Crippen molar-refractivity contribution in [2.75, 3.05) is 36.0 Å². The van der Waals surface area contributed by atoms with Crippen LogP contribution in [-0.4, -0.2) is 48.0 Å². The van der Waals surface area contributed by atoms with Crippen LogP contribution in [0.3, 0.4) is 0 Å². The van der Waals surface area contributed by atoms with Crippen molar-refractivity contribution in [2.45, 2.75) is 19.8 Å². The number of aromatic nitrogens is 2. The number of fused-ring (bicyclic) bond motifs is 1. The molecule has 0 saturated carbocycles. The molecule has 2 aromatic carbocycles. The average molecular weight is 482 g/mol. The van der Waals surface area contributed by atoms with E-state index in [0.29, 0.717) is 23.7 Å². The number of benzene rings is 2. The molecular formula is C29H31N5O2. The highest BCUT2D eigenvalue weighted by atomic mass is 16.2. The fraction of sp³-hybridized carbons (Fsp3) is 0.276. The maximum atomic E-state index is 13.5. The minimum atomic E-state index is -0.198. The van der Waals surface area contributed by atoms with Gasteiger partial charge in [0.15, 0.2) is 0 Å². The highest BCUT2D eigenvalue weighted by Crippen LogP contribution is 2.23. The Morgan fingerprint density at radius 3 is 2.56 bits per heavy atom. The van der Waals surface area contributed by atoms with E-state index in [1.54, 1.807) is 4.90 Å². The van der Waals surface area contributed by atoms with E-state index in [1.165, 1.54) is 5.69 Å². The molecule has 2 aromatic heterocycles. The van der Waals surface area contributed by atoms with E-state index in [4.69, 9.17) is 0 Å². The fourth-order valence-corrected chi connectivity index (χ4v) is 4.86. The molecule has 184 valence electrons. The van der Waals surface area contributed by atoms with Gasteiger partial charge in [0.2, 0.25) is 5.91 Å². The van der Waals surface area contributed by atoms with Gasteiger partial charge in [-0.25, -0.2) is 0 Å². The first-order chi connectivity index (χ1) is 17.6. The number of carbonyl (C=O) groups is 2. The first-order valence-electron chi connectivity index (χ1n) is 12.4. The summed E-state index contributed by atoms with van der Waals surface area (Å²) in [5.41, 5.74) is 4.48. The largest absolute Gasteiger partial charge is 0.371 e. The molecule has 0 aliphatic carbocycles. The van der Waals surface area contributed by atoms with Gasteiger partial charge in [0.1, 0.15) is 6.54 Å². The number of nitrogens with zero attached hydrogens (tertiary/aromatic N) is 3. The zero-order valence-corrected chi connectivity index (χ0v) is 20.5. The molecule has 0 unspecified atom stereocenters. The fourth-order valence-electron chi connectivity index (χ4n) is 4.86. The number of piperidine rings is 1. The smallest absolute Gasteiger partial charge is 0.258 e. The molecule has 5 rings (SSSR count). The highest BCUT2D eigenvalue weighted by molar-refractivity contribution is 6.10. The number of carbonyl (C=O) groups excluding carboxylic acids is 2. The number of amides is 2. The zero-order chi connectivity index (χ0) is 24.9. The van der Waals surface area contributed by atoms with Gasteiger partial charge < -0.3 is 15.2 Å². The Kier molecular flexibility index (Phi) is 6.98. The van der Waals surface area contributed by atoms with E-state index in [0.717, 1.165) is 42.4 Å². The summed E-state index contributed by atoms with van der Waals surface area (Å²) in [7, 11) is 0. The minimum Gasteiger partial charge on any atom is -0.371 e. The lowest BCUT2D eigenvalue weighted by molar-refractivity contribution is -0.119. The van der Waals surface area contributed by atoms with Gasteiger partial charge in [0, 0.05) is 66.1 Å². The van der Waals surface area contributed by atoms with Crippen LogP contribution in [0.2, 0.25) is 0 Å². The Morgan fingerprint density at radius 2 is 1.81 bits per heavy atom. The van der Waals surface area contributed by atoms with Crippen LogP contribution < -0.4 is 15.1 Å². The molecule has 36 heavy (non-hydrogen) atoms. The van der Waals surface area contributed by atoms with E-state index in [2.05, 4.69) is 20.2 Å². The minimum absolute atomic E-state index is 0.0273. The quantitative estimate of drug-likeness (QED) is 0.406. The van der Waals surface area contributed by atoms with Crippen molar-refractivity contribution in [1.29, 1.82) is 0 Å². The second-order valence-corrected chi connectivity index (χ2v) is 9.40. The number of aryl methyl sites for hydroxylation is 1. The lowest BCUT2D eigenvalue weighted by Gasteiger charge is -2.33. The summed E-state index contributed by atoms with van der Waals surface area (Å²) in [5, 5.41) is 4.17. The Hall–Kier alpha value is -4.13. The van der Waals surface area contributed by atoms with Crippen LogP contribution in [0.25, 0.3) is 10.9 Å². The molecule has 1 aliphatic rings. The molecule has 1 saturated heterocycles. The molecule has 2 amide bonds. The molecule has 4 aromatic rings. The molecular weight excluding hydrogens is 450 g/mol. The third-order valence-corrected chi connectivity index (χ3v) is 6.98. The number of nitrogens with one attached hydrogen (secondary N) is 2. The number of hydrogen-bond acceptors (Lipinski definition) is 4. The summed E-state index contributed by atoms with van der Waals surface area (Å²) in [6.45, 7) is 4.54. The normalized spacial score (nSPS) is 14.1. The van der Waals surface area contributed by atoms with Gasteiger partial charge in [-0.15, -0.1) is 0 Å². The maximum Gasteiger partial charge on any atom is 0.258 e. The summed E-state index contributed by atoms with van der Waals surface area (Å²) in [6.07, 6.45) is 7.60. The van der Waals surface area contributed by atoms with Gasteiger partial charge in [-0.3, -0.25) is 19.5 Å². The summed E-state index contributed by atoms with van der Waals surface area (Å²) in [4.78, 5) is 37.7. The van der Waals surface area contributed by atoms with Crippen molar-refractivity contribution in [3.63, 3.8) is 0 Å². The Balaban J connectivity index is 1.22. The van der Waals surface area contributed by atoms with E-state index in [9.17, 15) is 9.59 Å². The van der Waals surface area contributed by atoms with Crippen molar-refractivity contribution in [2.24, 2.45) is 5.92 Å². The third-order valence-electron chi connectivity index (χ3n) is 6.98. The Labute approximate surface area is 211 Å². The van der Waals surface area contributed by atoms with E-state index >= 15 is 0 Å². The predicted octanol–water partition coefficient (Wildman–Crippen LogP) is 4.55. The van der Waals surface area contributed by atoms with Gasteiger partial charge in [-0.05, 0) is 67.6 Å². The van der Waals surface area contributed by atoms with Gasteiger partial charge in [-0.1, -0.05) is 24.3 Å². The number of anilines is 2. The second kappa shape index (κ2) is 10.6. The highest BCUT2D eigenvalue weighted by Gasteiger charge is 2.23. The topological polar surface area (TPSA) is 81.3 Å². The van der Waals surface area contributed by atoms with Crippen LogP contribution in [0.4, 0.5) is 11.4 Å². The van der Waals surface area contributed by atoms with Crippen LogP contribution in [0.1, 0.15) is 28.8 Å². The number of hydrogen-bond donors (Lipinski definition) is 2. The molecule has 3 heterocycles. The Bertz CT molecular complexity index is 1330. The molecule has 1 aliphatic heterocycles. The van der Waals surface area contributed by atoms with Crippen LogP contribution in [0.15, 0.2) is 79.3 Å². The van der Waals surface area contributed by atoms with Gasteiger partial charge in [0.05, 0.1) is 0 Å². The monoisotopic (exact) mass is 481 g/mol. The number of para-hydroxylation sites is 1. The molecule has 7 nitrogen and oxygen atoms in total. The molecule has 7 heteroatoms. The molecule has 2 N–H and O–H groups in total. The van der Waals surface area contributed by atoms with Gasteiger partial charge >= 0.3 is 0 Å². The number of H-pyrrole nitrogens is 1. The van der Waals surface area contributed by atoms with Crippen LogP contribution >= 0.6 is 0 Å². The lowest BCUT2D eigenvalue weighted by Crippen LogP contribution is -2.44. The van der Waals surface area contributed by atoms with Crippen molar-refractivity contribution in [3.8, 4) is 0 Å². The Morgan fingerprint density at radius 1 is 1.06 bits per heavy atom. The average Bonchev–Trinajstić information content (AvgIpc) is 3.31. The van der Waals surface area contributed by atoms with Crippen molar-refractivity contribution in [3.05, 3.63) is 90.4 Å². The number of rotatable bonds is 7. The van der Waals surface area contributed by atoms with Gasteiger partial charge in [0.25, 0.3) is 5.91 Å². The summed E-state index contributed by atoms with van der Waals surface area (Å²) >= 11 is 0. The van der Waals surface area contributed by atoms with E-state index < -0.39 is 0 Å². The summed E-state index contributed by atoms with van der Waals surface area (Å²) < 4.78 is 0. The molecule has 0 atom stereocenters. The molecule has 1 fully saturated rings. The van der Waals surface area contributed by atoms with Crippen LogP contribution in [0, 0.1) is 12.8 Å². The number of aromatic amines is 1. The SMILES string of the molecule is Cc1c[nH]c2cc(C(=O)N(CC(=O)NCC3CCN(c4ccncc4)CC3)c3ccccc3)ccc12. The third kappa shape index (κ3) is 5.25. The number of pyridine rings is 1. The first kappa shape index (κ1) is 23.6. The van der Waals surface area contributed by atoms with E-state index in [1.807, 2.05) is 86.2 Å². The molecule has 0 radical (unpaired) electrons. The van der Waals surface area contributed by atoms with Crippen molar-refractivity contribution in [1.82, 2.24) is 15.3 Å². The first-order valence-corrected chi connectivity index (χ1v) is 12.4. The summed E-state index contributed by atoms with van der Waals surface area (Å²) in [6, 6.07) is 19.1. The molecule has 0 spiro atoms. The summed E-state index contributed by atoms with van der Waals surface area (Å²) in [5.74, 6) is 0.0724. The maximum absolute atomic E-state index is 13.5. The van der Waals surface area contributed by atoms with E-state index in [-0.39, 0.29) is 18.4 Å². The van der Waals surface area contributed by atoms with Gasteiger partial charge in [-0.2, -0.15) is 0 Å². The standard InChI is InChI=1S/C29H31N5O2/c1-21-18-31-27-17-23(7-8-26(21)27)29(36)34(25-5-3-2-4-6-25)20-28(35)32-19-22-11-15-33(16-12-22)24-9-13-30-14-10-24/h2-10,13-14,17-18,22,31H,11-12,15-16,19-20H2,1H3,(H,32,35). The lowest BCUT2D eigenvalue weighted by atomic mass is 9.96. The van der Waals surface area contributed by atoms with Crippen LogP contribution in [-0.2, 0) is 4.79 Å².